The SMILES string of the molecule is O=C(CCc1ccco1)N[C@@H](Cc1c[nH]c2cc(F)ccc12)C(=O)O. The highest BCUT2D eigenvalue weighted by atomic mass is 19.1. The Hall–Kier alpha value is -3.09. The normalized spacial score (nSPS) is 12.2. The highest BCUT2D eigenvalue weighted by Gasteiger charge is 2.22. The summed E-state index contributed by atoms with van der Waals surface area (Å²) < 4.78 is 18.4. The maximum atomic E-state index is 13.2. The fourth-order valence-electron chi connectivity index (χ4n) is 2.71. The van der Waals surface area contributed by atoms with Gasteiger partial charge in [-0.15, -0.1) is 0 Å². The fourth-order valence-corrected chi connectivity index (χ4v) is 2.71. The minimum atomic E-state index is -1.12. The van der Waals surface area contributed by atoms with Crippen LogP contribution in [0, 0.1) is 5.82 Å². The number of aryl methyl sites for hydroxylation is 1. The van der Waals surface area contributed by atoms with E-state index in [9.17, 15) is 19.1 Å². The number of carbonyl (C=O) groups excluding carboxylic acids is 1. The smallest absolute Gasteiger partial charge is 0.326 e. The van der Waals surface area contributed by atoms with Gasteiger partial charge in [-0.3, -0.25) is 4.79 Å². The van der Waals surface area contributed by atoms with Crippen molar-refractivity contribution in [2.45, 2.75) is 25.3 Å². The molecule has 0 bridgehead atoms. The first-order valence-corrected chi connectivity index (χ1v) is 7.83. The van der Waals surface area contributed by atoms with Crippen LogP contribution < -0.4 is 5.32 Å². The summed E-state index contributed by atoms with van der Waals surface area (Å²) in [5.74, 6) is -1.19. The van der Waals surface area contributed by atoms with Crippen LogP contribution in [0.4, 0.5) is 4.39 Å². The largest absolute Gasteiger partial charge is 0.480 e. The number of nitrogens with one attached hydrogen (secondary N) is 2. The molecule has 6 nitrogen and oxygen atoms in total. The molecule has 7 heteroatoms. The Morgan fingerprint density at radius 1 is 1.32 bits per heavy atom. The average Bonchev–Trinajstić information content (AvgIpc) is 3.22. The van der Waals surface area contributed by atoms with E-state index in [2.05, 4.69) is 10.3 Å². The number of hydrogen-bond acceptors (Lipinski definition) is 3. The highest BCUT2D eigenvalue weighted by molar-refractivity contribution is 5.86. The van der Waals surface area contributed by atoms with Gasteiger partial charge in [-0.2, -0.15) is 0 Å². The van der Waals surface area contributed by atoms with Crippen molar-refractivity contribution in [2.24, 2.45) is 0 Å². The van der Waals surface area contributed by atoms with Gasteiger partial charge in [-0.05, 0) is 35.9 Å². The molecule has 2 aromatic heterocycles. The minimum absolute atomic E-state index is 0.105. The van der Waals surface area contributed by atoms with Crippen molar-refractivity contribution in [1.29, 1.82) is 0 Å². The summed E-state index contributed by atoms with van der Waals surface area (Å²) in [6, 6.07) is 6.68. The van der Waals surface area contributed by atoms with Crippen LogP contribution in [0.5, 0.6) is 0 Å². The number of rotatable bonds is 7. The predicted octanol–water partition coefficient (Wildman–Crippen LogP) is 2.64. The number of halogens is 1. The number of hydrogen-bond donors (Lipinski definition) is 3. The molecule has 0 aliphatic heterocycles. The van der Waals surface area contributed by atoms with Gasteiger partial charge in [0, 0.05) is 36.4 Å². The molecule has 2 heterocycles. The number of carboxylic acids is 1. The Morgan fingerprint density at radius 2 is 2.16 bits per heavy atom. The molecule has 3 N–H and O–H groups in total. The van der Waals surface area contributed by atoms with Gasteiger partial charge in [0.1, 0.15) is 17.6 Å². The maximum absolute atomic E-state index is 13.2. The molecule has 3 aromatic rings. The van der Waals surface area contributed by atoms with Crippen LogP contribution in [-0.2, 0) is 22.4 Å². The number of furan rings is 1. The molecule has 3 rings (SSSR count). The summed E-state index contributed by atoms with van der Waals surface area (Å²) in [4.78, 5) is 26.4. The lowest BCUT2D eigenvalue weighted by Crippen LogP contribution is -2.42. The van der Waals surface area contributed by atoms with Gasteiger partial charge in [-0.1, -0.05) is 0 Å². The van der Waals surface area contributed by atoms with Gasteiger partial charge in [-0.25, -0.2) is 9.18 Å². The first kappa shape index (κ1) is 16.8. The zero-order valence-corrected chi connectivity index (χ0v) is 13.3. The third-order valence-corrected chi connectivity index (χ3v) is 3.97. The second-order valence-electron chi connectivity index (χ2n) is 5.75. The van der Waals surface area contributed by atoms with Crippen LogP contribution in [0.15, 0.2) is 47.2 Å². The molecule has 1 aromatic carbocycles. The summed E-state index contributed by atoms with van der Waals surface area (Å²) in [6.07, 6.45) is 3.80. The van der Waals surface area contributed by atoms with Crippen molar-refractivity contribution >= 4 is 22.8 Å². The van der Waals surface area contributed by atoms with E-state index >= 15 is 0 Å². The van der Waals surface area contributed by atoms with Gasteiger partial charge < -0.3 is 19.8 Å². The number of aromatic amines is 1. The molecular formula is C18H17FN2O4. The van der Waals surface area contributed by atoms with Gasteiger partial charge in [0.2, 0.25) is 5.91 Å². The second kappa shape index (κ2) is 7.21. The third-order valence-electron chi connectivity index (χ3n) is 3.97. The maximum Gasteiger partial charge on any atom is 0.326 e. The standard InChI is InChI=1S/C18H17FN2O4/c19-12-3-5-14-11(10-20-15(14)9-12)8-16(18(23)24)21-17(22)6-4-13-2-1-7-25-13/h1-3,5,7,9-10,16,20H,4,6,8H2,(H,21,22)(H,23,24)/t16-/m0/s1. The monoisotopic (exact) mass is 344 g/mol. The number of aliphatic carboxylic acids is 1. The van der Waals surface area contributed by atoms with Crippen LogP contribution in [-0.4, -0.2) is 28.0 Å². The number of carboxylic acid groups (broad SMARTS) is 1. The van der Waals surface area contributed by atoms with Crippen molar-refractivity contribution in [2.75, 3.05) is 0 Å². The highest BCUT2D eigenvalue weighted by Crippen LogP contribution is 2.20. The molecule has 130 valence electrons. The van der Waals surface area contributed by atoms with E-state index in [0.29, 0.717) is 23.3 Å². The molecule has 0 radical (unpaired) electrons. The molecule has 0 aliphatic rings. The fraction of sp³-hybridized carbons (Fsp3) is 0.222. The third kappa shape index (κ3) is 4.06. The van der Waals surface area contributed by atoms with Crippen molar-refractivity contribution in [3.63, 3.8) is 0 Å². The first-order valence-electron chi connectivity index (χ1n) is 7.83. The Bertz CT molecular complexity index is 886. The minimum Gasteiger partial charge on any atom is -0.480 e. The lowest BCUT2D eigenvalue weighted by atomic mass is 10.0. The van der Waals surface area contributed by atoms with Crippen LogP contribution in [0.2, 0.25) is 0 Å². The van der Waals surface area contributed by atoms with E-state index in [4.69, 9.17) is 4.42 Å². The average molecular weight is 344 g/mol. The van der Waals surface area contributed by atoms with E-state index in [0.717, 1.165) is 5.39 Å². The number of amides is 1. The molecule has 0 unspecified atom stereocenters. The zero-order valence-electron chi connectivity index (χ0n) is 13.3. The van der Waals surface area contributed by atoms with Crippen molar-refractivity contribution < 1.29 is 23.5 Å². The molecule has 0 fully saturated rings. The molecule has 1 atom stereocenters. The van der Waals surface area contributed by atoms with E-state index in [1.54, 1.807) is 24.4 Å². The van der Waals surface area contributed by atoms with Crippen molar-refractivity contribution in [3.8, 4) is 0 Å². The molecule has 25 heavy (non-hydrogen) atoms. The molecule has 0 saturated carbocycles. The van der Waals surface area contributed by atoms with Crippen molar-refractivity contribution in [1.82, 2.24) is 10.3 Å². The van der Waals surface area contributed by atoms with E-state index in [1.165, 1.54) is 18.4 Å². The predicted molar refractivity (Wildman–Crippen MR) is 88.6 cm³/mol. The Balaban J connectivity index is 1.66. The lowest BCUT2D eigenvalue weighted by molar-refractivity contribution is -0.141. The number of aromatic nitrogens is 1. The number of carbonyl (C=O) groups is 2. The molecule has 0 aliphatic carbocycles. The molecule has 0 saturated heterocycles. The van der Waals surface area contributed by atoms with Crippen LogP contribution in [0.3, 0.4) is 0 Å². The molecular weight excluding hydrogens is 327 g/mol. The summed E-state index contributed by atoms with van der Waals surface area (Å²) in [6.45, 7) is 0. The lowest BCUT2D eigenvalue weighted by Gasteiger charge is -2.14. The van der Waals surface area contributed by atoms with E-state index < -0.39 is 12.0 Å². The van der Waals surface area contributed by atoms with Gasteiger partial charge >= 0.3 is 5.97 Å². The Kier molecular flexibility index (Phi) is 4.83. The van der Waals surface area contributed by atoms with Crippen LogP contribution in [0.1, 0.15) is 17.7 Å². The topological polar surface area (TPSA) is 95.3 Å². The Labute approximate surface area is 142 Å². The Morgan fingerprint density at radius 3 is 2.88 bits per heavy atom. The number of fused-ring (bicyclic) bond motifs is 1. The van der Waals surface area contributed by atoms with Gasteiger partial charge in [0.25, 0.3) is 0 Å². The summed E-state index contributed by atoms with van der Waals surface area (Å²) >= 11 is 0. The quantitative estimate of drug-likeness (QED) is 0.614. The van der Waals surface area contributed by atoms with E-state index in [1.807, 2.05) is 0 Å². The van der Waals surface area contributed by atoms with Crippen LogP contribution >= 0.6 is 0 Å². The first-order chi connectivity index (χ1) is 12.0. The number of H-pyrrole nitrogens is 1. The zero-order chi connectivity index (χ0) is 17.8. The molecule has 1 amide bonds. The van der Waals surface area contributed by atoms with Crippen molar-refractivity contribution in [3.05, 3.63) is 59.9 Å². The second-order valence-corrected chi connectivity index (χ2v) is 5.75. The van der Waals surface area contributed by atoms with Gasteiger partial charge in [0.05, 0.1) is 6.26 Å². The molecule has 0 spiro atoms. The number of benzene rings is 1. The van der Waals surface area contributed by atoms with E-state index in [-0.39, 0.29) is 24.6 Å². The van der Waals surface area contributed by atoms with Gasteiger partial charge in [0.15, 0.2) is 0 Å². The summed E-state index contributed by atoms with van der Waals surface area (Å²) in [7, 11) is 0. The summed E-state index contributed by atoms with van der Waals surface area (Å²) in [5, 5.41) is 12.6. The summed E-state index contributed by atoms with van der Waals surface area (Å²) in [5.41, 5.74) is 1.29. The van der Waals surface area contributed by atoms with Crippen LogP contribution in [0.25, 0.3) is 10.9 Å².